The van der Waals surface area contributed by atoms with Gasteiger partial charge in [-0.3, -0.25) is 9.59 Å². The van der Waals surface area contributed by atoms with Crippen molar-refractivity contribution in [3.05, 3.63) is 35.9 Å². The largest absolute Gasteiger partial charge is 0.355 e. The van der Waals surface area contributed by atoms with Crippen molar-refractivity contribution in [2.45, 2.75) is 58.4 Å². The summed E-state index contributed by atoms with van der Waals surface area (Å²) in [4.78, 5) is 24.8. The molecule has 4 nitrogen and oxygen atoms in total. The Morgan fingerprint density at radius 1 is 1.04 bits per heavy atom. The van der Waals surface area contributed by atoms with Crippen molar-refractivity contribution in [2.75, 3.05) is 6.54 Å². The first-order chi connectivity index (χ1) is 11.0. The summed E-state index contributed by atoms with van der Waals surface area (Å²) in [6, 6.07) is 10.2. The predicted molar refractivity (Wildman–Crippen MR) is 92.0 cm³/mol. The van der Waals surface area contributed by atoms with Crippen LogP contribution < -0.4 is 10.6 Å². The molecule has 23 heavy (non-hydrogen) atoms. The Bertz CT molecular complexity index is 519. The quantitative estimate of drug-likeness (QED) is 0.793. The first kappa shape index (κ1) is 17.5. The van der Waals surface area contributed by atoms with Gasteiger partial charge in [0.1, 0.15) is 5.41 Å². The van der Waals surface area contributed by atoms with Crippen LogP contribution in [0.25, 0.3) is 0 Å². The molecular weight excluding hydrogens is 288 g/mol. The molecule has 1 aliphatic carbocycles. The zero-order chi connectivity index (χ0) is 16.7. The number of hydrogen-bond donors (Lipinski definition) is 2. The van der Waals surface area contributed by atoms with Crippen molar-refractivity contribution in [1.82, 2.24) is 10.6 Å². The molecule has 1 fully saturated rings. The fraction of sp³-hybridized carbons (Fsp3) is 0.579. The van der Waals surface area contributed by atoms with E-state index in [2.05, 4.69) is 10.6 Å². The molecule has 0 heterocycles. The van der Waals surface area contributed by atoms with Crippen LogP contribution in [0, 0.1) is 5.41 Å². The molecule has 0 bridgehead atoms. The molecule has 126 valence electrons. The molecule has 1 aromatic carbocycles. The summed E-state index contributed by atoms with van der Waals surface area (Å²) in [5.74, 6) is -0.372. The van der Waals surface area contributed by atoms with E-state index in [0.717, 1.165) is 32.1 Å². The molecule has 1 saturated carbocycles. The topological polar surface area (TPSA) is 58.2 Å². The van der Waals surface area contributed by atoms with Crippen LogP contribution in [0.5, 0.6) is 0 Å². The van der Waals surface area contributed by atoms with E-state index in [9.17, 15) is 9.59 Å². The van der Waals surface area contributed by atoms with Gasteiger partial charge in [-0.15, -0.1) is 0 Å². The molecule has 2 N–H and O–H groups in total. The lowest BCUT2D eigenvalue weighted by molar-refractivity contribution is -0.141. The van der Waals surface area contributed by atoms with Crippen LogP contribution in [-0.4, -0.2) is 24.4 Å². The van der Waals surface area contributed by atoms with E-state index in [4.69, 9.17) is 0 Å². The minimum absolute atomic E-state index is 0.165. The van der Waals surface area contributed by atoms with Gasteiger partial charge in [0.15, 0.2) is 0 Å². The Kier molecular flexibility index (Phi) is 6.20. The van der Waals surface area contributed by atoms with Gasteiger partial charge in [0.05, 0.1) is 0 Å². The van der Waals surface area contributed by atoms with Crippen LogP contribution in [-0.2, 0) is 16.0 Å². The third-order valence-electron chi connectivity index (χ3n) is 4.62. The second-order valence-corrected chi connectivity index (χ2v) is 6.92. The maximum absolute atomic E-state index is 12.4. The van der Waals surface area contributed by atoms with Gasteiger partial charge in [0.25, 0.3) is 0 Å². The molecule has 0 spiro atoms. The summed E-state index contributed by atoms with van der Waals surface area (Å²) in [5.41, 5.74) is 0.144. The van der Waals surface area contributed by atoms with Crippen LogP contribution in [0.15, 0.2) is 30.3 Å². The molecule has 0 saturated heterocycles. The summed E-state index contributed by atoms with van der Waals surface area (Å²) in [7, 11) is 0. The van der Waals surface area contributed by atoms with Crippen molar-refractivity contribution >= 4 is 11.8 Å². The number of benzene rings is 1. The first-order valence-electron chi connectivity index (χ1n) is 8.63. The molecule has 2 amide bonds. The monoisotopic (exact) mass is 316 g/mol. The van der Waals surface area contributed by atoms with Crippen molar-refractivity contribution < 1.29 is 9.59 Å². The highest BCUT2D eigenvalue weighted by Gasteiger charge is 2.36. The van der Waals surface area contributed by atoms with Crippen LogP contribution in [0.1, 0.15) is 51.5 Å². The molecular formula is C19H28N2O2. The van der Waals surface area contributed by atoms with Crippen molar-refractivity contribution in [3.8, 4) is 0 Å². The number of carbonyl (C=O) groups excluding carboxylic acids is 2. The second-order valence-electron chi connectivity index (χ2n) is 6.92. The fourth-order valence-corrected chi connectivity index (χ4v) is 2.90. The molecule has 4 heteroatoms. The highest BCUT2D eigenvalue weighted by atomic mass is 16.2. The Balaban J connectivity index is 1.79. The van der Waals surface area contributed by atoms with Gasteiger partial charge in [0, 0.05) is 12.6 Å². The summed E-state index contributed by atoms with van der Waals surface area (Å²) in [6.07, 6.45) is 6.39. The molecule has 1 aliphatic rings. The number of carbonyl (C=O) groups is 2. The second kappa shape index (κ2) is 8.14. The lowest BCUT2D eigenvalue weighted by Gasteiger charge is -2.28. The molecule has 0 aliphatic heterocycles. The van der Waals surface area contributed by atoms with E-state index in [1.165, 1.54) is 12.0 Å². The molecule has 0 aromatic heterocycles. The standard InChI is InChI=1S/C19H28N2O2/c1-19(2,18(23)21-16-11-7-4-8-12-16)17(22)20-14-13-15-9-5-3-6-10-15/h3,5-6,9-10,16H,4,7-8,11-14H2,1-2H3,(H,20,22)(H,21,23). The summed E-state index contributed by atoms with van der Waals surface area (Å²) < 4.78 is 0. The van der Waals surface area contributed by atoms with E-state index in [1.807, 2.05) is 30.3 Å². The van der Waals surface area contributed by atoms with Crippen molar-refractivity contribution in [2.24, 2.45) is 5.41 Å². The third kappa shape index (κ3) is 5.08. The smallest absolute Gasteiger partial charge is 0.235 e. The predicted octanol–water partition coefficient (Wildman–Crippen LogP) is 2.82. The van der Waals surface area contributed by atoms with E-state index in [-0.39, 0.29) is 17.9 Å². The van der Waals surface area contributed by atoms with E-state index in [0.29, 0.717) is 6.54 Å². The Morgan fingerprint density at radius 2 is 1.70 bits per heavy atom. The Labute approximate surface area is 139 Å². The lowest BCUT2D eigenvalue weighted by Crippen LogP contribution is -2.51. The van der Waals surface area contributed by atoms with Gasteiger partial charge in [-0.05, 0) is 38.7 Å². The summed E-state index contributed by atoms with van der Waals surface area (Å²) in [6.45, 7) is 3.94. The molecule has 1 aromatic rings. The molecule has 0 radical (unpaired) electrons. The minimum Gasteiger partial charge on any atom is -0.355 e. The fourth-order valence-electron chi connectivity index (χ4n) is 2.90. The van der Waals surface area contributed by atoms with E-state index >= 15 is 0 Å². The molecule has 0 unspecified atom stereocenters. The summed E-state index contributed by atoms with van der Waals surface area (Å²) >= 11 is 0. The van der Waals surface area contributed by atoms with Gasteiger partial charge in [-0.2, -0.15) is 0 Å². The van der Waals surface area contributed by atoms with Crippen LogP contribution in [0.2, 0.25) is 0 Å². The first-order valence-corrected chi connectivity index (χ1v) is 8.63. The lowest BCUT2D eigenvalue weighted by atomic mass is 9.89. The number of rotatable bonds is 6. The Morgan fingerprint density at radius 3 is 2.35 bits per heavy atom. The van der Waals surface area contributed by atoms with Gasteiger partial charge in [0.2, 0.25) is 11.8 Å². The number of hydrogen-bond acceptors (Lipinski definition) is 2. The minimum atomic E-state index is -1.03. The van der Waals surface area contributed by atoms with Gasteiger partial charge < -0.3 is 10.6 Å². The average Bonchev–Trinajstić information content (AvgIpc) is 2.56. The van der Waals surface area contributed by atoms with Crippen LogP contribution >= 0.6 is 0 Å². The SMILES string of the molecule is CC(C)(C(=O)NCCc1ccccc1)C(=O)NC1CCCCC1. The van der Waals surface area contributed by atoms with Gasteiger partial charge >= 0.3 is 0 Å². The number of nitrogens with one attached hydrogen (secondary N) is 2. The third-order valence-corrected chi connectivity index (χ3v) is 4.62. The van der Waals surface area contributed by atoms with Crippen LogP contribution in [0.4, 0.5) is 0 Å². The Hall–Kier alpha value is -1.84. The maximum atomic E-state index is 12.4. The average molecular weight is 316 g/mol. The van der Waals surface area contributed by atoms with Crippen molar-refractivity contribution in [1.29, 1.82) is 0 Å². The van der Waals surface area contributed by atoms with Crippen LogP contribution in [0.3, 0.4) is 0 Å². The van der Waals surface area contributed by atoms with Gasteiger partial charge in [-0.25, -0.2) is 0 Å². The van der Waals surface area contributed by atoms with Crippen molar-refractivity contribution in [3.63, 3.8) is 0 Å². The zero-order valence-electron chi connectivity index (χ0n) is 14.2. The van der Waals surface area contributed by atoms with Gasteiger partial charge in [-0.1, -0.05) is 49.6 Å². The zero-order valence-corrected chi connectivity index (χ0v) is 14.2. The number of amides is 2. The van der Waals surface area contributed by atoms with E-state index < -0.39 is 5.41 Å². The maximum Gasteiger partial charge on any atom is 0.235 e. The normalized spacial score (nSPS) is 15.9. The van der Waals surface area contributed by atoms with E-state index in [1.54, 1.807) is 13.8 Å². The molecule has 2 rings (SSSR count). The highest BCUT2D eigenvalue weighted by Crippen LogP contribution is 2.21. The highest BCUT2D eigenvalue weighted by molar-refractivity contribution is 6.04. The molecule has 0 atom stereocenters. The summed E-state index contributed by atoms with van der Waals surface area (Å²) in [5, 5.41) is 5.94.